The van der Waals surface area contributed by atoms with Gasteiger partial charge in [-0.25, -0.2) is 8.42 Å². The van der Waals surface area contributed by atoms with E-state index in [4.69, 9.17) is 0 Å². The van der Waals surface area contributed by atoms with Crippen LogP contribution in [0.25, 0.3) is 0 Å². The van der Waals surface area contributed by atoms with Gasteiger partial charge in [0, 0.05) is 23.5 Å². The SMILES string of the molecule is CSc1ccccc1NC(=O)c1ccc(S(=O)(=O)N2CCCC2)cc1. The van der Waals surface area contributed by atoms with E-state index in [9.17, 15) is 13.2 Å². The highest BCUT2D eigenvalue weighted by Crippen LogP contribution is 2.25. The maximum absolute atomic E-state index is 12.5. The number of sulfonamides is 1. The van der Waals surface area contributed by atoms with Gasteiger partial charge in [-0.3, -0.25) is 4.79 Å². The summed E-state index contributed by atoms with van der Waals surface area (Å²) in [5, 5.41) is 2.87. The van der Waals surface area contributed by atoms with Crippen molar-refractivity contribution in [1.82, 2.24) is 4.31 Å². The number of benzene rings is 2. The molecule has 0 atom stereocenters. The first-order valence-corrected chi connectivity index (χ1v) is 10.7. The van der Waals surface area contributed by atoms with E-state index >= 15 is 0 Å². The third-order valence-corrected chi connectivity index (χ3v) is 6.88. The summed E-state index contributed by atoms with van der Waals surface area (Å²) in [6.45, 7) is 1.13. The van der Waals surface area contributed by atoms with Crippen LogP contribution in [0.15, 0.2) is 58.3 Å². The summed E-state index contributed by atoms with van der Waals surface area (Å²) >= 11 is 1.55. The van der Waals surface area contributed by atoms with Crippen molar-refractivity contribution >= 4 is 33.4 Å². The maximum atomic E-state index is 12.5. The Kier molecular flexibility index (Phi) is 5.46. The Morgan fingerprint density at radius 2 is 1.68 bits per heavy atom. The summed E-state index contributed by atoms with van der Waals surface area (Å²) < 4.78 is 26.5. The lowest BCUT2D eigenvalue weighted by Gasteiger charge is -2.15. The van der Waals surface area contributed by atoms with Gasteiger partial charge in [-0.05, 0) is 55.5 Å². The zero-order chi connectivity index (χ0) is 17.9. The molecule has 1 fully saturated rings. The van der Waals surface area contributed by atoms with E-state index in [1.165, 1.54) is 16.4 Å². The van der Waals surface area contributed by atoms with E-state index in [-0.39, 0.29) is 10.8 Å². The van der Waals surface area contributed by atoms with E-state index in [1.54, 1.807) is 23.9 Å². The molecule has 0 unspecified atom stereocenters. The predicted octanol–water partition coefficient (Wildman–Crippen LogP) is 3.45. The van der Waals surface area contributed by atoms with Crippen LogP contribution in [0.4, 0.5) is 5.69 Å². The van der Waals surface area contributed by atoms with Crippen LogP contribution in [-0.4, -0.2) is 38.0 Å². The summed E-state index contributed by atoms with van der Waals surface area (Å²) in [6, 6.07) is 13.7. The van der Waals surface area contributed by atoms with Crippen LogP contribution in [-0.2, 0) is 10.0 Å². The fraction of sp³-hybridized carbons (Fsp3) is 0.278. The van der Waals surface area contributed by atoms with Gasteiger partial charge in [-0.1, -0.05) is 12.1 Å². The molecule has 1 amide bonds. The Bertz CT molecular complexity index is 858. The Labute approximate surface area is 152 Å². The van der Waals surface area contributed by atoms with Crippen LogP contribution < -0.4 is 5.32 Å². The number of para-hydroxylation sites is 1. The summed E-state index contributed by atoms with van der Waals surface area (Å²) in [6.07, 6.45) is 3.74. The third-order valence-electron chi connectivity index (χ3n) is 4.17. The zero-order valence-electron chi connectivity index (χ0n) is 13.9. The first-order valence-electron chi connectivity index (χ1n) is 8.07. The Morgan fingerprint density at radius 1 is 1.04 bits per heavy atom. The highest BCUT2D eigenvalue weighted by molar-refractivity contribution is 7.98. The van der Waals surface area contributed by atoms with Crippen LogP contribution in [0, 0.1) is 0 Å². The normalized spacial score (nSPS) is 15.2. The largest absolute Gasteiger partial charge is 0.321 e. The molecular weight excluding hydrogens is 356 g/mol. The van der Waals surface area contributed by atoms with Crippen molar-refractivity contribution in [3.63, 3.8) is 0 Å². The van der Waals surface area contributed by atoms with Gasteiger partial charge in [-0.15, -0.1) is 11.8 Å². The number of anilines is 1. The minimum atomic E-state index is -3.45. The van der Waals surface area contributed by atoms with E-state index in [0.717, 1.165) is 23.4 Å². The molecule has 7 heteroatoms. The average molecular weight is 377 g/mol. The van der Waals surface area contributed by atoms with Crippen LogP contribution in [0.2, 0.25) is 0 Å². The molecule has 0 saturated carbocycles. The van der Waals surface area contributed by atoms with Crippen LogP contribution >= 0.6 is 11.8 Å². The van der Waals surface area contributed by atoms with E-state index in [2.05, 4.69) is 5.32 Å². The summed E-state index contributed by atoms with van der Waals surface area (Å²) in [4.78, 5) is 13.6. The second kappa shape index (κ2) is 7.59. The van der Waals surface area contributed by atoms with Crippen molar-refractivity contribution in [2.45, 2.75) is 22.6 Å². The quantitative estimate of drug-likeness (QED) is 0.812. The summed E-state index contributed by atoms with van der Waals surface area (Å²) in [5.41, 5.74) is 1.17. The van der Waals surface area contributed by atoms with Crippen LogP contribution in [0.5, 0.6) is 0 Å². The van der Waals surface area contributed by atoms with Crippen molar-refractivity contribution < 1.29 is 13.2 Å². The van der Waals surface area contributed by atoms with Gasteiger partial charge in [0.05, 0.1) is 10.6 Å². The molecule has 0 radical (unpaired) electrons. The molecule has 2 aromatic rings. The first kappa shape index (κ1) is 18.0. The highest BCUT2D eigenvalue weighted by atomic mass is 32.2. The van der Waals surface area contributed by atoms with Crippen molar-refractivity contribution in [3.8, 4) is 0 Å². The lowest BCUT2D eigenvalue weighted by molar-refractivity contribution is 0.102. The Balaban J connectivity index is 1.77. The van der Waals surface area contributed by atoms with Gasteiger partial charge < -0.3 is 5.32 Å². The minimum absolute atomic E-state index is 0.232. The lowest BCUT2D eigenvalue weighted by Crippen LogP contribution is -2.27. The van der Waals surface area contributed by atoms with Gasteiger partial charge in [0.1, 0.15) is 0 Å². The summed E-state index contributed by atoms with van der Waals surface area (Å²) in [5.74, 6) is -0.258. The molecule has 0 bridgehead atoms. The van der Waals surface area contributed by atoms with Gasteiger partial charge in [-0.2, -0.15) is 4.31 Å². The Hall–Kier alpha value is -1.83. The molecule has 0 spiro atoms. The van der Waals surface area contributed by atoms with Gasteiger partial charge >= 0.3 is 0 Å². The number of rotatable bonds is 5. The fourth-order valence-corrected chi connectivity index (χ4v) is 4.87. The molecule has 2 aromatic carbocycles. The Morgan fingerprint density at radius 3 is 2.32 bits per heavy atom. The lowest BCUT2D eigenvalue weighted by atomic mass is 10.2. The summed E-state index contributed by atoms with van der Waals surface area (Å²) in [7, 11) is -3.45. The van der Waals surface area contributed by atoms with Crippen molar-refractivity contribution in [3.05, 3.63) is 54.1 Å². The zero-order valence-corrected chi connectivity index (χ0v) is 15.6. The smallest absolute Gasteiger partial charge is 0.255 e. The number of carbonyl (C=O) groups excluding carboxylic acids is 1. The molecular formula is C18H20N2O3S2. The molecule has 132 valence electrons. The number of nitrogens with zero attached hydrogens (tertiary/aromatic N) is 1. The average Bonchev–Trinajstić information content (AvgIpc) is 3.18. The molecule has 1 heterocycles. The molecule has 1 aliphatic heterocycles. The number of nitrogens with one attached hydrogen (secondary N) is 1. The second-order valence-electron chi connectivity index (χ2n) is 5.79. The number of hydrogen-bond donors (Lipinski definition) is 1. The van der Waals surface area contributed by atoms with Gasteiger partial charge in [0.15, 0.2) is 0 Å². The van der Waals surface area contributed by atoms with E-state index in [1.807, 2.05) is 30.5 Å². The molecule has 3 rings (SSSR count). The number of hydrogen-bond acceptors (Lipinski definition) is 4. The molecule has 1 aliphatic rings. The van der Waals surface area contributed by atoms with Crippen LogP contribution in [0.1, 0.15) is 23.2 Å². The molecule has 1 saturated heterocycles. The molecule has 1 N–H and O–H groups in total. The van der Waals surface area contributed by atoms with Crippen molar-refractivity contribution in [1.29, 1.82) is 0 Å². The van der Waals surface area contributed by atoms with E-state index in [0.29, 0.717) is 18.7 Å². The monoisotopic (exact) mass is 376 g/mol. The number of carbonyl (C=O) groups is 1. The fourth-order valence-electron chi connectivity index (χ4n) is 2.80. The first-order chi connectivity index (χ1) is 12.0. The number of thioether (sulfide) groups is 1. The van der Waals surface area contributed by atoms with Crippen LogP contribution in [0.3, 0.4) is 0 Å². The van der Waals surface area contributed by atoms with Crippen molar-refractivity contribution in [2.75, 3.05) is 24.7 Å². The van der Waals surface area contributed by atoms with Gasteiger partial charge in [0.25, 0.3) is 5.91 Å². The maximum Gasteiger partial charge on any atom is 0.255 e. The standard InChI is InChI=1S/C18H20N2O3S2/c1-24-17-7-3-2-6-16(17)19-18(21)14-8-10-15(11-9-14)25(22,23)20-12-4-5-13-20/h2-3,6-11H,4-5,12-13H2,1H3,(H,19,21). The van der Waals surface area contributed by atoms with E-state index < -0.39 is 10.0 Å². The molecule has 0 aliphatic carbocycles. The molecule has 5 nitrogen and oxygen atoms in total. The molecule has 25 heavy (non-hydrogen) atoms. The molecule has 0 aromatic heterocycles. The second-order valence-corrected chi connectivity index (χ2v) is 8.58. The number of amides is 1. The topological polar surface area (TPSA) is 66.5 Å². The minimum Gasteiger partial charge on any atom is -0.321 e. The highest BCUT2D eigenvalue weighted by Gasteiger charge is 2.27. The van der Waals surface area contributed by atoms with Gasteiger partial charge in [0.2, 0.25) is 10.0 Å². The predicted molar refractivity (Wildman–Crippen MR) is 101 cm³/mol. The van der Waals surface area contributed by atoms with Crippen molar-refractivity contribution in [2.24, 2.45) is 0 Å². The third kappa shape index (κ3) is 3.89.